The Morgan fingerprint density at radius 1 is 1.42 bits per heavy atom. The van der Waals surface area contributed by atoms with Crippen molar-refractivity contribution in [2.45, 2.75) is 45.1 Å². The maximum absolute atomic E-state index is 12.1. The molecule has 4 nitrogen and oxygen atoms in total. The third kappa shape index (κ3) is 2.32. The van der Waals surface area contributed by atoms with Crippen LogP contribution in [-0.2, 0) is 6.42 Å². The number of fused-ring (bicyclic) bond motifs is 2. The zero-order valence-corrected chi connectivity index (χ0v) is 14.5. The molecule has 1 aromatic heterocycles. The minimum absolute atomic E-state index is 0.122. The Balaban J connectivity index is 1.86. The summed E-state index contributed by atoms with van der Waals surface area (Å²) in [5.74, 6) is 0.923. The van der Waals surface area contributed by atoms with E-state index in [0.717, 1.165) is 43.6 Å². The van der Waals surface area contributed by atoms with Gasteiger partial charge in [0, 0.05) is 42.9 Å². The zero-order chi connectivity index (χ0) is 16.8. The second-order valence-electron chi connectivity index (χ2n) is 7.46. The maximum atomic E-state index is 12.1. The van der Waals surface area contributed by atoms with E-state index < -0.39 is 0 Å². The first-order valence-electron chi connectivity index (χ1n) is 9.13. The van der Waals surface area contributed by atoms with E-state index in [4.69, 9.17) is 0 Å². The van der Waals surface area contributed by atoms with Crippen molar-refractivity contribution >= 4 is 16.7 Å². The highest BCUT2D eigenvalue weighted by Crippen LogP contribution is 2.45. The molecule has 0 amide bonds. The highest BCUT2D eigenvalue weighted by atomic mass is 16.3. The van der Waals surface area contributed by atoms with Gasteiger partial charge in [0.25, 0.3) is 0 Å². The molecule has 0 spiro atoms. The summed E-state index contributed by atoms with van der Waals surface area (Å²) in [6, 6.07) is 6.84. The first-order chi connectivity index (χ1) is 11.6. The number of likely N-dealkylation sites (tertiary alicyclic amines) is 1. The predicted molar refractivity (Wildman–Crippen MR) is 95.6 cm³/mol. The van der Waals surface area contributed by atoms with Crippen molar-refractivity contribution in [3.8, 4) is 0 Å². The summed E-state index contributed by atoms with van der Waals surface area (Å²) in [6.45, 7) is 6.15. The maximum Gasteiger partial charge on any atom is 0.176 e. The molecule has 1 saturated heterocycles. The van der Waals surface area contributed by atoms with Gasteiger partial charge in [0.2, 0.25) is 0 Å². The number of H-pyrrole nitrogens is 1. The number of Topliss-reactive ketones (excluding diaryl/α,β-unsaturated/α-hetero) is 1. The molecule has 1 aliphatic heterocycles. The van der Waals surface area contributed by atoms with Crippen LogP contribution in [0, 0.1) is 5.92 Å². The number of aromatic amines is 1. The van der Waals surface area contributed by atoms with Crippen LogP contribution in [0.1, 0.15) is 54.2 Å². The standard InChI is InChI=1S/C20H26N2O2/c1-3-7-22-10-13(11-23)8-15-14-5-4-6-17-19(14)16(9-18(15)22)20(21-17)12(2)24/h4-6,13,15,18,21,23H,3,7-11H2,1-2H3/t13-,15-,18-/m1/s1. The average Bonchev–Trinajstić information content (AvgIpc) is 2.96. The highest BCUT2D eigenvalue weighted by Gasteiger charge is 2.41. The number of nitrogens with one attached hydrogen (secondary N) is 1. The van der Waals surface area contributed by atoms with Crippen LogP contribution in [-0.4, -0.2) is 46.5 Å². The first kappa shape index (κ1) is 15.9. The summed E-state index contributed by atoms with van der Waals surface area (Å²) in [5.41, 5.74) is 4.44. The quantitative estimate of drug-likeness (QED) is 0.849. The Morgan fingerprint density at radius 3 is 2.96 bits per heavy atom. The van der Waals surface area contributed by atoms with Crippen LogP contribution in [0.3, 0.4) is 0 Å². The van der Waals surface area contributed by atoms with Crippen molar-refractivity contribution in [1.29, 1.82) is 0 Å². The number of benzene rings is 1. The van der Waals surface area contributed by atoms with E-state index in [9.17, 15) is 9.90 Å². The van der Waals surface area contributed by atoms with Crippen molar-refractivity contribution < 1.29 is 9.90 Å². The molecule has 1 aliphatic carbocycles. The Morgan fingerprint density at radius 2 is 2.25 bits per heavy atom. The van der Waals surface area contributed by atoms with Gasteiger partial charge in [-0.15, -0.1) is 0 Å². The molecule has 2 heterocycles. The minimum atomic E-state index is 0.122. The number of carbonyl (C=O) groups excluding carboxylic acids is 1. The Hall–Kier alpha value is -1.65. The minimum Gasteiger partial charge on any atom is -0.396 e. The van der Waals surface area contributed by atoms with Gasteiger partial charge in [0.15, 0.2) is 5.78 Å². The summed E-state index contributed by atoms with van der Waals surface area (Å²) in [5, 5.41) is 11.0. The van der Waals surface area contributed by atoms with Crippen molar-refractivity contribution in [2.75, 3.05) is 19.7 Å². The van der Waals surface area contributed by atoms with Crippen LogP contribution in [0.25, 0.3) is 10.9 Å². The summed E-state index contributed by atoms with van der Waals surface area (Å²) in [6.07, 6.45) is 3.10. The van der Waals surface area contributed by atoms with Gasteiger partial charge >= 0.3 is 0 Å². The lowest BCUT2D eigenvalue weighted by Gasteiger charge is -2.47. The lowest BCUT2D eigenvalue weighted by Crippen LogP contribution is -2.51. The van der Waals surface area contributed by atoms with E-state index in [1.54, 1.807) is 6.92 Å². The van der Waals surface area contributed by atoms with E-state index in [0.29, 0.717) is 17.9 Å². The number of ketones is 1. The number of aromatic nitrogens is 1. The van der Waals surface area contributed by atoms with E-state index in [-0.39, 0.29) is 12.4 Å². The normalized spacial score (nSPS) is 26.5. The number of hydrogen-bond donors (Lipinski definition) is 2. The molecule has 4 rings (SSSR count). The van der Waals surface area contributed by atoms with Crippen LogP contribution in [0.2, 0.25) is 0 Å². The lowest BCUT2D eigenvalue weighted by molar-refractivity contribution is 0.0570. The largest absolute Gasteiger partial charge is 0.396 e. The molecule has 24 heavy (non-hydrogen) atoms. The second-order valence-corrected chi connectivity index (χ2v) is 7.46. The van der Waals surface area contributed by atoms with Crippen molar-refractivity contribution in [3.05, 3.63) is 35.0 Å². The monoisotopic (exact) mass is 326 g/mol. The molecule has 2 aliphatic rings. The van der Waals surface area contributed by atoms with Gasteiger partial charge in [-0.2, -0.15) is 0 Å². The fourth-order valence-electron chi connectivity index (χ4n) is 4.96. The molecule has 0 bridgehead atoms. The van der Waals surface area contributed by atoms with Crippen LogP contribution < -0.4 is 0 Å². The van der Waals surface area contributed by atoms with Gasteiger partial charge in [-0.05, 0) is 48.9 Å². The first-order valence-corrected chi connectivity index (χ1v) is 9.13. The van der Waals surface area contributed by atoms with Crippen molar-refractivity contribution in [3.63, 3.8) is 0 Å². The van der Waals surface area contributed by atoms with Gasteiger partial charge in [-0.3, -0.25) is 9.69 Å². The topological polar surface area (TPSA) is 56.3 Å². The summed E-state index contributed by atoms with van der Waals surface area (Å²) in [7, 11) is 0. The van der Waals surface area contributed by atoms with Crippen LogP contribution >= 0.6 is 0 Å². The third-order valence-corrected chi connectivity index (χ3v) is 5.91. The average molecular weight is 326 g/mol. The van der Waals surface area contributed by atoms with E-state index in [1.807, 2.05) is 0 Å². The van der Waals surface area contributed by atoms with Gasteiger partial charge < -0.3 is 10.1 Å². The van der Waals surface area contributed by atoms with Gasteiger partial charge in [0.05, 0.1) is 5.69 Å². The molecule has 4 heteroatoms. The molecule has 1 fully saturated rings. The van der Waals surface area contributed by atoms with Crippen molar-refractivity contribution in [2.24, 2.45) is 5.92 Å². The summed E-state index contributed by atoms with van der Waals surface area (Å²) >= 11 is 0. The Labute approximate surface area is 142 Å². The molecule has 0 radical (unpaired) electrons. The smallest absolute Gasteiger partial charge is 0.176 e. The molecule has 1 aromatic carbocycles. The molecular formula is C20H26N2O2. The SMILES string of the molecule is CCCN1C[C@H](CO)C[C@@H]2c3cccc4[nH]c(C(C)=O)c(c34)C[C@H]21. The van der Waals surface area contributed by atoms with Crippen LogP contribution in [0.4, 0.5) is 0 Å². The number of carbonyl (C=O) groups is 1. The summed E-state index contributed by atoms with van der Waals surface area (Å²) < 4.78 is 0. The number of aliphatic hydroxyl groups is 1. The highest BCUT2D eigenvalue weighted by molar-refractivity contribution is 6.02. The summed E-state index contributed by atoms with van der Waals surface area (Å²) in [4.78, 5) is 18.0. The number of rotatable bonds is 4. The fourth-order valence-corrected chi connectivity index (χ4v) is 4.96. The molecular weight excluding hydrogens is 300 g/mol. The van der Waals surface area contributed by atoms with Gasteiger partial charge in [0.1, 0.15) is 0 Å². The Kier molecular flexibility index (Phi) is 3.97. The molecule has 0 saturated carbocycles. The lowest BCUT2D eigenvalue weighted by atomic mass is 9.72. The van der Waals surface area contributed by atoms with E-state index in [2.05, 4.69) is 35.0 Å². The molecule has 0 unspecified atom stereocenters. The number of hydrogen-bond acceptors (Lipinski definition) is 3. The van der Waals surface area contributed by atoms with Crippen LogP contribution in [0.5, 0.6) is 0 Å². The van der Waals surface area contributed by atoms with E-state index in [1.165, 1.54) is 16.5 Å². The number of aliphatic hydroxyl groups excluding tert-OH is 1. The number of nitrogens with zero attached hydrogens (tertiary/aromatic N) is 1. The fraction of sp³-hybridized carbons (Fsp3) is 0.550. The van der Waals surface area contributed by atoms with Crippen molar-refractivity contribution in [1.82, 2.24) is 9.88 Å². The van der Waals surface area contributed by atoms with E-state index >= 15 is 0 Å². The van der Waals surface area contributed by atoms with Crippen LogP contribution in [0.15, 0.2) is 18.2 Å². The van der Waals surface area contributed by atoms with Gasteiger partial charge in [-0.25, -0.2) is 0 Å². The molecule has 2 N–H and O–H groups in total. The van der Waals surface area contributed by atoms with Gasteiger partial charge in [-0.1, -0.05) is 19.1 Å². The third-order valence-electron chi connectivity index (χ3n) is 5.91. The Bertz CT molecular complexity index is 779. The second kappa shape index (κ2) is 6.01. The number of piperidine rings is 1. The molecule has 128 valence electrons. The predicted octanol–water partition coefficient (Wildman–Crippen LogP) is 3.10. The molecule has 3 atom stereocenters. The zero-order valence-electron chi connectivity index (χ0n) is 14.5. The molecule has 2 aromatic rings.